The van der Waals surface area contributed by atoms with Crippen LogP contribution in [0.25, 0.3) is 0 Å². The zero-order valence-electron chi connectivity index (χ0n) is 13.0. The highest BCUT2D eigenvalue weighted by molar-refractivity contribution is 5.90. The third kappa shape index (κ3) is 5.91. The first kappa shape index (κ1) is 17.1. The molecule has 1 rings (SSSR count). The number of methoxy groups -OCH3 is 1. The molecule has 0 saturated carbocycles. The summed E-state index contributed by atoms with van der Waals surface area (Å²) in [4.78, 5) is 11.5. The molecule has 0 saturated heterocycles. The molecule has 0 heterocycles. The number of benzene rings is 1. The van der Waals surface area contributed by atoms with Crippen LogP contribution in [0.1, 0.15) is 61.4 Å². The molecule has 1 aromatic rings. The summed E-state index contributed by atoms with van der Waals surface area (Å²) in [6.07, 6.45) is 12.7. The Morgan fingerprint density at radius 2 is 1.90 bits per heavy atom. The first-order chi connectivity index (χ1) is 10.2. The molecule has 0 aliphatic carbocycles. The van der Waals surface area contributed by atoms with E-state index in [1.165, 1.54) is 32.8 Å². The van der Waals surface area contributed by atoms with Gasteiger partial charge in [0.25, 0.3) is 0 Å². The van der Waals surface area contributed by atoms with Crippen LogP contribution < -0.4 is 4.74 Å². The Kier molecular flexibility index (Phi) is 8.04. The maximum atomic E-state index is 11.5. The second kappa shape index (κ2) is 9.88. The van der Waals surface area contributed by atoms with E-state index in [1.54, 1.807) is 18.2 Å². The highest BCUT2D eigenvalue weighted by atomic mass is 16.5. The van der Waals surface area contributed by atoms with E-state index in [9.17, 15) is 4.79 Å². The smallest absolute Gasteiger partial charge is 0.337 e. The van der Waals surface area contributed by atoms with Crippen molar-refractivity contribution in [3.8, 4) is 18.1 Å². The molecule has 114 valence electrons. The number of unbranched alkanes of at least 4 members (excludes halogenated alkanes) is 5. The number of ether oxygens (including phenoxy) is 2. The molecule has 0 aliphatic rings. The number of carbonyl (C=O) groups excluding carboxylic acids is 1. The van der Waals surface area contributed by atoms with E-state index in [4.69, 9.17) is 15.9 Å². The first-order valence-corrected chi connectivity index (χ1v) is 7.54. The van der Waals surface area contributed by atoms with E-state index in [2.05, 4.69) is 12.8 Å². The molecule has 0 aliphatic heterocycles. The molecule has 0 aromatic heterocycles. The fourth-order valence-electron chi connectivity index (χ4n) is 2.07. The Balaban J connectivity index is 2.49. The monoisotopic (exact) mass is 288 g/mol. The van der Waals surface area contributed by atoms with Crippen LogP contribution >= 0.6 is 0 Å². The SMILES string of the molecule is C#Cc1ccc(C(=O)OC)cc1OCCCCCCCC. The topological polar surface area (TPSA) is 35.5 Å². The van der Waals surface area contributed by atoms with Gasteiger partial charge in [-0.05, 0) is 24.6 Å². The van der Waals surface area contributed by atoms with Crippen LogP contribution in [-0.2, 0) is 4.74 Å². The molecule has 0 spiro atoms. The third-order valence-corrected chi connectivity index (χ3v) is 3.31. The summed E-state index contributed by atoms with van der Waals surface area (Å²) < 4.78 is 10.4. The fraction of sp³-hybridized carbons (Fsp3) is 0.500. The largest absolute Gasteiger partial charge is 0.492 e. The van der Waals surface area contributed by atoms with Crippen molar-refractivity contribution in [2.75, 3.05) is 13.7 Å². The molecule has 0 amide bonds. The Hall–Kier alpha value is -1.95. The molecule has 21 heavy (non-hydrogen) atoms. The van der Waals surface area contributed by atoms with Crippen LogP contribution in [-0.4, -0.2) is 19.7 Å². The number of esters is 1. The van der Waals surface area contributed by atoms with Crippen LogP contribution in [0, 0.1) is 12.3 Å². The predicted molar refractivity (Wildman–Crippen MR) is 84.6 cm³/mol. The molecule has 0 radical (unpaired) electrons. The number of rotatable bonds is 9. The second-order valence-corrected chi connectivity index (χ2v) is 4.96. The lowest BCUT2D eigenvalue weighted by Crippen LogP contribution is -2.04. The minimum atomic E-state index is -0.386. The summed E-state index contributed by atoms with van der Waals surface area (Å²) in [5.74, 6) is 2.76. The quantitative estimate of drug-likeness (QED) is 0.388. The zero-order valence-corrected chi connectivity index (χ0v) is 13.0. The van der Waals surface area contributed by atoms with Crippen molar-refractivity contribution in [3.05, 3.63) is 29.3 Å². The summed E-state index contributed by atoms with van der Waals surface area (Å²) in [7, 11) is 1.36. The maximum Gasteiger partial charge on any atom is 0.337 e. The predicted octanol–water partition coefficient (Wildman–Crippen LogP) is 4.19. The van der Waals surface area contributed by atoms with E-state index in [1.807, 2.05) is 0 Å². The normalized spacial score (nSPS) is 9.95. The number of hydrogen-bond acceptors (Lipinski definition) is 3. The summed E-state index contributed by atoms with van der Waals surface area (Å²) in [5, 5.41) is 0. The van der Waals surface area contributed by atoms with E-state index < -0.39 is 0 Å². The van der Waals surface area contributed by atoms with Crippen molar-refractivity contribution >= 4 is 5.97 Å². The van der Waals surface area contributed by atoms with Crippen LogP contribution in [0.4, 0.5) is 0 Å². The van der Waals surface area contributed by atoms with E-state index in [0.717, 1.165) is 12.8 Å². The van der Waals surface area contributed by atoms with Crippen molar-refractivity contribution in [2.45, 2.75) is 45.4 Å². The summed E-state index contributed by atoms with van der Waals surface area (Å²) in [5.41, 5.74) is 1.11. The molecule has 0 fully saturated rings. The van der Waals surface area contributed by atoms with Crippen molar-refractivity contribution < 1.29 is 14.3 Å². The van der Waals surface area contributed by atoms with Gasteiger partial charge in [-0.1, -0.05) is 44.9 Å². The van der Waals surface area contributed by atoms with Gasteiger partial charge in [-0.25, -0.2) is 4.79 Å². The van der Waals surface area contributed by atoms with Crippen molar-refractivity contribution in [1.29, 1.82) is 0 Å². The van der Waals surface area contributed by atoms with Gasteiger partial charge < -0.3 is 9.47 Å². The third-order valence-electron chi connectivity index (χ3n) is 3.31. The van der Waals surface area contributed by atoms with Crippen molar-refractivity contribution in [2.24, 2.45) is 0 Å². The molecule has 0 atom stereocenters. The molecular formula is C18H24O3. The molecule has 0 unspecified atom stereocenters. The minimum Gasteiger partial charge on any atom is -0.492 e. The van der Waals surface area contributed by atoms with Gasteiger partial charge in [0.2, 0.25) is 0 Å². The minimum absolute atomic E-state index is 0.386. The zero-order chi connectivity index (χ0) is 15.5. The Morgan fingerprint density at radius 3 is 2.57 bits per heavy atom. The lowest BCUT2D eigenvalue weighted by Gasteiger charge is -2.10. The molecule has 1 aromatic carbocycles. The first-order valence-electron chi connectivity index (χ1n) is 7.54. The van der Waals surface area contributed by atoms with Crippen LogP contribution in [0.2, 0.25) is 0 Å². The Morgan fingerprint density at radius 1 is 1.19 bits per heavy atom. The Labute approximate surface area is 127 Å². The maximum absolute atomic E-state index is 11.5. The van der Waals surface area contributed by atoms with E-state index in [0.29, 0.717) is 23.5 Å². The van der Waals surface area contributed by atoms with E-state index >= 15 is 0 Å². The standard InChI is InChI=1S/C18H24O3/c1-4-6-7-8-9-10-13-21-17-14-16(18(19)20-3)12-11-15(17)5-2/h2,11-12,14H,4,6-10,13H2,1,3H3. The van der Waals surface area contributed by atoms with Crippen molar-refractivity contribution in [3.63, 3.8) is 0 Å². The van der Waals surface area contributed by atoms with Gasteiger partial charge in [-0.2, -0.15) is 0 Å². The molecule has 0 bridgehead atoms. The summed E-state index contributed by atoms with van der Waals surface area (Å²) in [6.45, 7) is 2.82. The fourth-order valence-corrected chi connectivity index (χ4v) is 2.07. The van der Waals surface area contributed by atoms with Gasteiger partial charge in [0.1, 0.15) is 5.75 Å². The summed E-state index contributed by atoms with van der Waals surface area (Å²) >= 11 is 0. The van der Waals surface area contributed by atoms with Crippen molar-refractivity contribution in [1.82, 2.24) is 0 Å². The van der Waals surface area contributed by atoms with Crippen LogP contribution in [0.15, 0.2) is 18.2 Å². The van der Waals surface area contributed by atoms with Crippen LogP contribution in [0.3, 0.4) is 0 Å². The lowest BCUT2D eigenvalue weighted by atomic mass is 10.1. The molecular weight excluding hydrogens is 264 g/mol. The van der Waals surface area contributed by atoms with Gasteiger partial charge in [0.05, 0.1) is 24.8 Å². The second-order valence-electron chi connectivity index (χ2n) is 4.96. The Bertz CT molecular complexity index is 486. The highest BCUT2D eigenvalue weighted by Crippen LogP contribution is 2.21. The van der Waals surface area contributed by atoms with Gasteiger partial charge in [-0.3, -0.25) is 0 Å². The molecule has 0 N–H and O–H groups in total. The van der Waals surface area contributed by atoms with Crippen LogP contribution in [0.5, 0.6) is 5.75 Å². The average Bonchev–Trinajstić information content (AvgIpc) is 2.53. The number of hydrogen-bond donors (Lipinski definition) is 0. The number of terminal acetylenes is 1. The lowest BCUT2D eigenvalue weighted by molar-refractivity contribution is 0.0600. The van der Waals surface area contributed by atoms with Gasteiger partial charge in [-0.15, -0.1) is 6.42 Å². The average molecular weight is 288 g/mol. The van der Waals surface area contributed by atoms with Gasteiger partial charge >= 0.3 is 5.97 Å². The summed E-state index contributed by atoms with van der Waals surface area (Å²) in [6, 6.07) is 5.01. The molecule has 3 heteroatoms. The van der Waals surface area contributed by atoms with Gasteiger partial charge in [0.15, 0.2) is 0 Å². The van der Waals surface area contributed by atoms with E-state index in [-0.39, 0.29) is 5.97 Å². The molecule has 3 nitrogen and oxygen atoms in total. The highest BCUT2D eigenvalue weighted by Gasteiger charge is 2.09. The number of carbonyl (C=O) groups is 1. The van der Waals surface area contributed by atoms with Gasteiger partial charge in [0, 0.05) is 0 Å².